The van der Waals surface area contributed by atoms with E-state index >= 15 is 0 Å². The maximum Gasteiger partial charge on any atom is 0.416 e. The molecule has 2 N–H and O–H groups in total. The molecule has 5 rings (SSSR count). The number of carbonyl (C=O) groups is 2. The fraction of sp³-hybridized carbons (Fsp3) is 0.517. The highest BCUT2D eigenvalue weighted by Crippen LogP contribution is 2.45. The normalized spacial score (nSPS) is 26.9. The highest BCUT2D eigenvalue weighted by molar-refractivity contribution is 7.89. The lowest BCUT2D eigenvalue weighted by Crippen LogP contribution is -2.58. The summed E-state index contributed by atoms with van der Waals surface area (Å²) >= 11 is 0. The molecule has 8 nitrogen and oxygen atoms in total. The van der Waals surface area contributed by atoms with E-state index in [2.05, 4.69) is 5.32 Å². The van der Waals surface area contributed by atoms with Crippen molar-refractivity contribution in [3.63, 3.8) is 0 Å². The number of benzene rings is 2. The highest BCUT2D eigenvalue weighted by atomic mass is 32.2. The lowest BCUT2D eigenvalue weighted by Gasteiger charge is -2.46. The molecular weight excluding hydrogens is 559 g/mol. The van der Waals surface area contributed by atoms with Gasteiger partial charge in [0.15, 0.2) is 0 Å². The maximum absolute atomic E-state index is 13.7. The molecule has 2 heterocycles. The van der Waals surface area contributed by atoms with Gasteiger partial charge in [-0.15, -0.1) is 0 Å². The van der Waals surface area contributed by atoms with Crippen molar-refractivity contribution < 1.29 is 36.3 Å². The van der Waals surface area contributed by atoms with Crippen molar-refractivity contribution >= 4 is 22.0 Å². The first-order valence-corrected chi connectivity index (χ1v) is 15.1. The number of nitrogens with one attached hydrogen (secondary N) is 1. The van der Waals surface area contributed by atoms with Crippen molar-refractivity contribution in [1.82, 2.24) is 14.5 Å². The summed E-state index contributed by atoms with van der Waals surface area (Å²) < 4.78 is 67.4. The van der Waals surface area contributed by atoms with Crippen LogP contribution in [-0.2, 0) is 27.4 Å². The van der Waals surface area contributed by atoms with Crippen LogP contribution in [0.5, 0.6) is 0 Å². The third kappa shape index (κ3) is 5.43. The van der Waals surface area contributed by atoms with E-state index in [1.807, 2.05) is 45.0 Å². The van der Waals surface area contributed by atoms with E-state index in [0.29, 0.717) is 18.9 Å². The van der Waals surface area contributed by atoms with Gasteiger partial charge < -0.3 is 10.4 Å². The molecule has 41 heavy (non-hydrogen) atoms. The van der Waals surface area contributed by atoms with Gasteiger partial charge in [0.25, 0.3) is 0 Å². The molecule has 0 spiro atoms. The van der Waals surface area contributed by atoms with Gasteiger partial charge in [0.2, 0.25) is 15.9 Å². The summed E-state index contributed by atoms with van der Waals surface area (Å²) in [5.41, 5.74) is 0.260. The summed E-state index contributed by atoms with van der Waals surface area (Å²) in [6, 6.07) is 9.36. The Morgan fingerprint density at radius 3 is 2.37 bits per heavy atom. The molecule has 1 aliphatic carbocycles. The van der Waals surface area contributed by atoms with Gasteiger partial charge in [0, 0.05) is 25.6 Å². The average molecular weight is 594 g/mol. The molecule has 0 bridgehead atoms. The molecule has 3 aliphatic rings. The summed E-state index contributed by atoms with van der Waals surface area (Å²) in [4.78, 5) is 27.1. The summed E-state index contributed by atoms with van der Waals surface area (Å²) in [5.74, 6) is -0.723. The van der Waals surface area contributed by atoms with Gasteiger partial charge in [-0.2, -0.15) is 17.5 Å². The van der Waals surface area contributed by atoms with Crippen LogP contribution < -0.4 is 5.32 Å². The van der Waals surface area contributed by atoms with Crippen molar-refractivity contribution in [3.8, 4) is 0 Å². The Morgan fingerprint density at radius 2 is 1.71 bits per heavy atom. The van der Waals surface area contributed by atoms with Gasteiger partial charge in [-0.3, -0.25) is 9.69 Å². The molecule has 2 aromatic rings. The highest BCUT2D eigenvalue weighted by Gasteiger charge is 2.50. The van der Waals surface area contributed by atoms with Crippen LogP contribution in [0.1, 0.15) is 56.3 Å². The molecule has 2 amide bonds. The second-order valence-electron chi connectivity index (χ2n) is 12.3. The Hall–Kier alpha value is -3.12. The van der Waals surface area contributed by atoms with Crippen LogP contribution in [0.2, 0.25) is 0 Å². The smallest absolute Gasteiger partial charge is 0.416 e. The number of amides is 2. The first-order valence-electron chi connectivity index (χ1n) is 13.7. The monoisotopic (exact) mass is 593 g/mol. The number of alkyl halides is 3. The van der Waals surface area contributed by atoms with E-state index in [1.165, 1.54) is 9.21 Å². The molecule has 2 aliphatic heterocycles. The molecule has 2 fully saturated rings. The number of hydrogen-bond acceptors (Lipinski definition) is 4. The number of carbonyl (C=O) groups excluding carboxylic acids is 1. The lowest BCUT2D eigenvalue weighted by molar-refractivity contribution is -0.137. The second-order valence-corrected chi connectivity index (χ2v) is 14.3. The zero-order chi connectivity index (χ0) is 29.9. The Balaban J connectivity index is 1.35. The lowest BCUT2D eigenvalue weighted by atomic mass is 9.75. The number of carboxylic acid groups (broad SMARTS) is 1. The molecule has 1 saturated carbocycles. The summed E-state index contributed by atoms with van der Waals surface area (Å²) in [6.07, 6.45) is -4.39. The van der Waals surface area contributed by atoms with Crippen LogP contribution in [0.3, 0.4) is 0 Å². The average Bonchev–Trinajstić information content (AvgIpc) is 3.49. The molecule has 0 aromatic heterocycles. The fourth-order valence-electron chi connectivity index (χ4n) is 6.83. The largest absolute Gasteiger partial charge is 0.465 e. The van der Waals surface area contributed by atoms with Crippen molar-refractivity contribution in [1.29, 1.82) is 0 Å². The Labute approximate surface area is 237 Å². The van der Waals surface area contributed by atoms with Crippen LogP contribution in [0.15, 0.2) is 53.4 Å². The summed E-state index contributed by atoms with van der Waals surface area (Å²) in [7, 11) is -4.18. The fourth-order valence-corrected chi connectivity index (χ4v) is 8.41. The summed E-state index contributed by atoms with van der Waals surface area (Å²) in [6.45, 7) is 6.02. The van der Waals surface area contributed by atoms with E-state index in [1.54, 1.807) is 0 Å². The zero-order valence-corrected chi connectivity index (χ0v) is 23.9. The van der Waals surface area contributed by atoms with Crippen LogP contribution in [0.4, 0.5) is 18.0 Å². The quantitative estimate of drug-likeness (QED) is 0.524. The van der Waals surface area contributed by atoms with E-state index in [9.17, 15) is 36.3 Å². The van der Waals surface area contributed by atoms with Crippen LogP contribution >= 0.6 is 0 Å². The van der Waals surface area contributed by atoms with Gasteiger partial charge in [-0.1, -0.05) is 51.1 Å². The molecule has 1 unspecified atom stereocenters. The first kappa shape index (κ1) is 29.4. The standard InChI is InChI=1S/C29H34F3N3O5S/c1-28(2,3)25-21-10-5-4-7-17(21)13-24(35(25)27(37)38)26(36)33-23-12-11-18-15-34(16-22(18)23)41(39,40)20-9-6-8-19(14-20)29(30,31)32/h4-10,14,18,22-25H,11-13,15-16H2,1-3H3,(H,33,36)(H,37,38)/t18-,22+,23+,24+,25?/m1/s1. The zero-order valence-electron chi connectivity index (χ0n) is 23.1. The Kier molecular flexibility index (Phi) is 7.38. The van der Waals surface area contributed by atoms with Gasteiger partial charge in [0.05, 0.1) is 16.5 Å². The molecule has 1 saturated heterocycles. The van der Waals surface area contributed by atoms with Crippen LogP contribution in [-0.4, -0.2) is 59.9 Å². The Bertz CT molecular complexity index is 1460. The van der Waals surface area contributed by atoms with Crippen LogP contribution in [0.25, 0.3) is 0 Å². The first-order chi connectivity index (χ1) is 19.1. The number of sulfonamides is 1. The predicted molar refractivity (Wildman–Crippen MR) is 144 cm³/mol. The molecule has 5 atom stereocenters. The number of fused-ring (bicyclic) bond motifs is 2. The predicted octanol–water partition coefficient (Wildman–Crippen LogP) is 4.91. The number of nitrogens with zero attached hydrogens (tertiary/aromatic N) is 2. The SMILES string of the molecule is CC(C)(C)C1c2ccccc2C[C@@H](C(=O)N[C@H]2CC[C@@H]3CN(S(=O)(=O)c4cccc(C(F)(F)F)c4)C[C@@H]32)N1C(=O)O. The van der Waals surface area contributed by atoms with E-state index in [-0.39, 0.29) is 37.4 Å². The molecule has 2 aromatic carbocycles. The molecule has 0 radical (unpaired) electrons. The van der Waals surface area contributed by atoms with Gasteiger partial charge in [-0.25, -0.2) is 13.2 Å². The van der Waals surface area contributed by atoms with E-state index in [0.717, 1.165) is 29.3 Å². The van der Waals surface area contributed by atoms with Crippen molar-refractivity contribution in [3.05, 3.63) is 65.2 Å². The third-order valence-corrected chi connectivity index (χ3v) is 10.5. The second kappa shape index (κ2) is 10.3. The molecule has 222 valence electrons. The minimum Gasteiger partial charge on any atom is -0.465 e. The van der Waals surface area contributed by atoms with E-state index < -0.39 is 56.2 Å². The molecular formula is C29H34F3N3O5S. The van der Waals surface area contributed by atoms with Crippen molar-refractivity contribution in [2.45, 2.75) is 69.2 Å². The van der Waals surface area contributed by atoms with Crippen LogP contribution in [0, 0.1) is 17.3 Å². The summed E-state index contributed by atoms with van der Waals surface area (Å²) in [5, 5.41) is 13.3. The van der Waals surface area contributed by atoms with Gasteiger partial charge in [0.1, 0.15) is 6.04 Å². The maximum atomic E-state index is 13.7. The number of hydrogen-bond donors (Lipinski definition) is 2. The van der Waals surface area contributed by atoms with Gasteiger partial charge >= 0.3 is 12.3 Å². The topological polar surface area (TPSA) is 107 Å². The minimum atomic E-state index is -4.67. The molecule has 12 heteroatoms. The minimum absolute atomic E-state index is 0.0640. The van der Waals surface area contributed by atoms with Crippen molar-refractivity contribution in [2.24, 2.45) is 17.3 Å². The number of rotatable bonds is 4. The number of halogens is 3. The van der Waals surface area contributed by atoms with Crippen molar-refractivity contribution in [2.75, 3.05) is 13.1 Å². The third-order valence-electron chi connectivity index (χ3n) is 8.67. The Morgan fingerprint density at radius 1 is 1.00 bits per heavy atom. The van der Waals surface area contributed by atoms with Gasteiger partial charge in [-0.05, 0) is 59.4 Å². The van der Waals surface area contributed by atoms with E-state index in [4.69, 9.17) is 0 Å².